The molecule has 0 amide bonds. The van der Waals surface area contributed by atoms with Gasteiger partial charge in [0.15, 0.2) is 0 Å². The van der Waals surface area contributed by atoms with Crippen LogP contribution in [-0.4, -0.2) is 13.1 Å². The Hall–Kier alpha value is 1.06. The van der Waals surface area contributed by atoms with Gasteiger partial charge in [-0.2, -0.15) is 0 Å². The molecule has 1 nitrogen and oxygen atoms in total. The second kappa shape index (κ2) is 3.85. The fourth-order valence-corrected chi connectivity index (χ4v) is 2.78. The van der Waals surface area contributed by atoms with Crippen molar-refractivity contribution in [3.05, 3.63) is 5.32 Å². The topological polar surface area (TPSA) is 14.1 Å². The van der Waals surface area contributed by atoms with Gasteiger partial charge in [0.1, 0.15) is 0 Å². The molecule has 0 aromatic carbocycles. The van der Waals surface area contributed by atoms with Gasteiger partial charge in [-0.25, -0.2) is 0 Å². The zero-order chi connectivity index (χ0) is 7.14. The summed E-state index contributed by atoms with van der Waals surface area (Å²) >= 11 is 0. The average Bonchev–Trinajstić information content (AvgIpc) is 1.87. The molecule has 0 aromatic rings. The fourth-order valence-electron chi connectivity index (χ4n) is 2.78. The maximum Gasteiger partial charge on any atom is 0 e. The minimum absolute atomic E-state index is 0. The molecule has 1 radical (unpaired) electrons. The summed E-state index contributed by atoms with van der Waals surface area (Å²) in [6.45, 7) is 7.04. The summed E-state index contributed by atoms with van der Waals surface area (Å²) in [5.74, 6) is 3.87. The Balaban J connectivity index is 0.000000605. The molecule has 2 heteroatoms. The van der Waals surface area contributed by atoms with Crippen LogP contribution in [0.4, 0.5) is 0 Å². The molecule has 2 atom stereocenters. The van der Waals surface area contributed by atoms with E-state index in [2.05, 4.69) is 19.2 Å². The summed E-state index contributed by atoms with van der Waals surface area (Å²) in [6.07, 6.45) is 1.48. The minimum atomic E-state index is 0. The zero-order valence-corrected chi connectivity index (χ0v) is 10.3. The fraction of sp³-hybridized carbons (Fsp3) is 1.00. The third kappa shape index (κ3) is 1.71. The Morgan fingerprint density at radius 3 is 2.00 bits per heavy atom. The first-order valence-electron chi connectivity index (χ1n) is 4.42. The molecule has 1 aliphatic carbocycles. The van der Waals surface area contributed by atoms with E-state index in [1.54, 1.807) is 0 Å². The van der Waals surface area contributed by atoms with E-state index in [0.29, 0.717) is 0 Å². The quantitative estimate of drug-likeness (QED) is 0.652. The Kier molecular flexibility index (Phi) is 3.55. The van der Waals surface area contributed by atoms with Gasteiger partial charge in [-0.1, -0.05) is 32.1 Å². The van der Waals surface area contributed by atoms with Gasteiger partial charge in [-0.15, -0.1) is 13.1 Å². The van der Waals surface area contributed by atoms with Crippen molar-refractivity contribution in [1.82, 2.24) is 0 Å². The minimum Gasteiger partial charge on any atom is -0.662 e. The van der Waals surface area contributed by atoms with Gasteiger partial charge >= 0.3 is 0 Å². The largest absolute Gasteiger partial charge is 0.662 e. The van der Waals surface area contributed by atoms with Gasteiger partial charge in [-0.05, 0) is 11.8 Å². The summed E-state index contributed by atoms with van der Waals surface area (Å²) in [5.41, 5.74) is 0. The first-order valence-corrected chi connectivity index (χ1v) is 4.42. The second-order valence-electron chi connectivity index (χ2n) is 4.17. The van der Waals surface area contributed by atoms with Crippen LogP contribution in [0.25, 0.3) is 5.32 Å². The molecule has 61 valence electrons. The maximum atomic E-state index is 4.44. The van der Waals surface area contributed by atoms with Crippen LogP contribution >= 0.6 is 0 Å². The van der Waals surface area contributed by atoms with E-state index in [1.807, 2.05) is 0 Å². The summed E-state index contributed by atoms with van der Waals surface area (Å²) in [4.78, 5) is 0. The summed E-state index contributed by atoms with van der Waals surface area (Å²) < 4.78 is 0. The van der Waals surface area contributed by atoms with Crippen molar-refractivity contribution in [2.45, 2.75) is 20.3 Å². The van der Waals surface area contributed by atoms with Crippen molar-refractivity contribution in [3.63, 3.8) is 0 Å². The van der Waals surface area contributed by atoms with Crippen LogP contribution in [0.1, 0.15) is 20.3 Å². The summed E-state index contributed by atoms with van der Waals surface area (Å²) in [7, 11) is 0. The Labute approximate surface area is 94.6 Å². The number of rotatable bonds is 1. The molecule has 1 saturated carbocycles. The van der Waals surface area contributed by atoms with E-state index in [-0.39, 0.29) is 32.7 Å². The monoisotopic (exact) mass is 227 g/mol. The van der Waals surface area contributed by atoms with Crippen molar-refractivity contribution in [3.8, 4) is 0 Å². The van der Waals surface area contributed by atoms with Crippen LogP contribution in [0, 0.1) is 23.7 Å². The zero-order valence-electron chi connectivity index (χ0n) is 7.46. The van der Waals surface area contributed by atoms with E-state index in [0.717, 1.165) is 23.7 Å². The summed E-state index contributed by atoms with van der Waals surface area (Å²) in [6, 6.07) is 0. The molecule has 3 rings (SSSR count). The molecule has 2 heterocycles. The van der Waals surface area contributed by atoms with Gasteiger partial charge in [0.05, 0.1) is 0 Å². The molecule has 11 heavy (non-hydrogen) atoms. The first-order chi connectivity index (χ1) is 4.79. The van der Waals surface area contributed by atoms with E-state index in [1.165, 1.54) is 19.5 Å². The SMILES string of the molecule is CC(C)C1C2C[N-]CC1C2.[Y]. The maximum absolute atomic E-state index is 4.44. The van der Waals surface area contributed by atoms with Crippen molar-refractivity contribution in [2.75, 3.05) is 13.1 Å². The average molecular weight is 227 g/mol. The summed E-state index contributed by atoms with van der Waals surface area (Å²) in [5, 5.41) is 4.44. The number of piperidine rings is 2. The third-order valence-electron chi connectivity index (χ3n) is 3.19. The molecule has 0 N–H and O–H groups in total. The Morgan fingerprint density at radius 2 is 1.73 bits per heavy atom. The molecule has 2 aliphatic heterocycles. The molecular formula is C9H16NY-. The number of nitrogens with zero attached hydrogens (tertiary/aromatic N) is 1. The van der Waals surface area contributed by atoms with Gasteiger partial charge in [0.25, 0.3) is 0 Å². The Morgan fingerprint density at radius 1 is 1.18 bits per heavy atom. The first kappa shape index (κ1) is 10.1. The van der Waals surface area contributed by atoms with Gasteiger partial charge in [0, 0.05) is 32.7 Å². The van der Waals surface area contributed by atoms with Crippen LogP contribution in [0.5, 0.6) is 0 Å². The van der Waals surface area contributed by atoms with E-state index in [9.17, 15) is 0 Å². The van der Waals surface area contributed by atoms with Crippen LogP contribution in [-0.2, 0) is 32.7 Å². The molecule has 0 spiro atoms. The van der Waals surface area contributed by atoms with E-state index >= 15 is 0 Å². The molecular weight excluding hydrogens is 211 g/mol. The molecule has 2 bridgehead atoms. The smallest absolute Gasteiger partial charge is 0 e. The molecule has 3 fully saturated rings. The van der Waals surface area contributed by atoms with Crippen molar-refractivity contribution < 1.29 is 32.7 Å². The van der Waals surface area contributed by atoms with E-state index in [4.69, 9.17) is 0 Å². The van der Waals surface area contributed by atoms with Gasteiger partial charge in [-0.3, -0.25) is 0 Å². The normalized spacial score (nSPS) is 41.2. The van der Waals surface area contributed by atoms with Crippen LogP contribution in [0.15, 0.2) is 0 Å². The van der Waals surface area contributed by atoms with Crippen LogP contribution in [0.3, 0.4) is 0 Å². The van der Waals surface area contributed by atoms with Crippen molar-refractivity contribution in [2.24, 2.45) is 23.7 Å². The van der Waals surface area contributed by atoms with Gasteiger partial charge < -0.3 is 5.32 Å². The molecule has 3 aliphatic rings. The van der Waals surface area contributed by atoms with Crippen LogP contribution in [0.2, 0.25) is 0 Å². The molecule has 2 unspecified atom stereocenters. The standard InChI is InChI=1S/C9H16N.Y/c1-6(2)9-7-3-8(9)5-10-4-7;/h6-9H,3-5H2,1-2H3;/q-1;. The van der Waals surface area contributed by atoms with Crippen LogP contribution < -0.4 is 0 Å². The molecule has 2 saturated heterocycles. The second-order valence-corrected chi connectivity index (χ2v) is 4.17. The van der Waals surface area contributed by atoms with Gasteiger partial charge in [0.2, 0.25) is 0 Å². The predicted octanol–water partition coefficient (Wildman–Crippen LogP) is 2.28. The van der Waals surface area contributed by atoms with E-state index < -0.39 is 0 Å². The number of hydrogen-bond acceptors (Lipinski definition) is 0. The third-order valence-corrected chi connectivity index (χ3v) is 3.19. The Bertz CT molecular complexity index is 122. The number of hydrogen-bond donors (Lipinski definition) is 0. The number of fused-ring (bicyclic) bond motifs is 2. The predicted molar refractivity (Wildman–Crippen MR) is 43.0 cm³/mol. The van der Waals surface area contributed by atoms with Crippen molar-refractivity contribution in [1.29, 1.82) is 0 Å². The van der Waals surface area contributed by atoms with Crippen molar-refractivity contribution >= 4 is 0 Å². The molecule has 0 aromatic heterocycles.